The van der Waals surface area contributed by atoms with Gasteiger partial charge in [-0.3, -0.25) is 9.55 Å². The van der Waals surface area contributed by atoms with Crippen LogP contribution < -0.4 is 0 Å². The monoisotopic (exact) mass is 975 g/mol. The molecule has 0 fully saturated rings. The van der Waals surface area contributed by atoms with Crippen molar-refractivity contribution in [2.45, 2.75) is 126 Å². The summed E-state index contributed by atoms with van der Waals surface area (Å²) in [6, 6.07) is 36.5. The van der Waals surface area contributed by atoms with Crippen molar-refractivity contribution in [3.8, 4) is 56.3 Å². The molecule has 7 rings (SSSR count). The molecule has 4 nitrogen and oxygen atoms in total. The number of aryl methyl sites for hydroxylation is 3. The fraction of sp³-hybridized carbons (Fsp3) is 0.345. The van der Waals surface area contributed by atoms with Gasteiger partial charge in [-0.2, -0.15) is 0 Å². The molecule has 2 aromatic heterocycles. The van der Waals surface area contributed by atoms with Crippen molar-refractivity contribution in [2.24, 2.45) is 0 Å². The molecule has 60 heavy (non-hydrogen) atoms. The topological polar surface area (TPSA) is 50.9 Å². The van der Waals surface area contributed by atoms with Gasteiger partial charge in [0.1, 0.15) is 11.6 Å². The van der Waals surface area contributed by atoms with E-state index in [0.717, 1.165) is 55.8 Å². The summed E-state index contributed by atoms with van der Waals surface area (Å²) in [5.74, 6) is 0.899. The van der Waals surface area contributed by atoms with Crippen molar-refractivity contribution in [2.75, 3.05) is 0 Å². The molecular weight excluding hydrogens is 914 g/mol. The summed E-state index contributed by atoms with van der Waals surface area (Å²) in [5, 5.41) is 11.3. The Morgan fingerprint density at radius 3 is 1.65 bits per heavy atom. The summed E-state index contributed by atoms with van der Waals surface area (Å²) in [4.78, 5) is 10.5. The first kappa shape index (κ1) is 44.8. The molecule has 0 bridgehead atoms. The second kappa shape index (κ2) is 15.9. The summed E-state index contributed by atoms with van der Waals surface area (Å²) in [6.07, 6.45) is 1.94. The quantitative estimate of drug-likeness (QED) is 0.175. The Hall–Kier alpha value is -4.79. The minimum Gasteiger partial charge on any atom is -0.507 e. The molecule has 0 aliphatic rings. The van der Waals surface area contributed by atoms with Gasteiger partial charge in [0.25, 0.3) is 0 Å². The van der Waals surface area contributed by atoms with E-state index in [0.29, 0.717) is 11.4 Å². The molecule has 1 N–H and O–H groups in total. The van der Waals surface area contributed by atoms with Crippen LogP contribution in [0.15, 0.2) is 97.2 Å². The largest absolute Gasteiger partial charge is 0.507 e. The van der Waals surface area contributed by atoms with Crippen LogP contribution in [0.4, 0.5) is 0 Å². The summed E-state index contributed by atoms with van der Waals surface area (Å²) >= 11 is 0. The molecule has 0 saturated heterocycles. The van der Waals surface area contributed by atoms with Crippen molar-refractivity contribution < 1.29 is 26.2 Å². The number of nitrogens with zero attached hydrogens (tertiary/aromatic N) is 3. The average Bonchev–Trinajstić information content (AvgIpc) is 3.51. The maximum absolute atomic E-state index is 11.3. The molecule has 5 aromatic carbocycles. The average molecular weight is 976 g/mol. The zero-order valence-corrected chi connectivity index (χ0v) is 40.6. The van der Waals surface area contributed by atoms with Crippen LogP contribution in [0, 0.1) is 26.8 Å². The third-order valence-electron chi connectivity index (χ3n) is 11.7. The van der Waals surface area contributed by atoms with Crippen LogP contribution in [0.2, 0.25) is 0 Å². The molecular formula is C55H62N3OPt-. The minimum absolute atomic E-state index is 0. The molecule has 0 atom stereocenters. The van der Waals surface area contributed by atoms with Gasteiger partial charge in [0.2, 0.25) is 0 Å². The molecule has 5 heteroatoms. The fourth-order valence-corrected chi connectivity index (χ4v) is 8.11. The van der Waals surface area contributed by atoms with E-state index in [1.807, 2.05) is 24.4 Å². The first-order valence-electron chi connectivity index (χ1n) is 21.0. The number of phenolic OH excluding ortho intramolecular Hbond substituents is 1. The molecule has 0 amide bonds. The smallest absolute Gasteiger partial charge is 0.148 e. The first-order valence-corrected chi connectivity index (χ1v) is 21.0. The number of para-hydroxylation sites is 1. The van der Waals surface area contributed by atoms with Crippen molar-refractivity contribution in [3.63, 3.8) is 0 Å². The third-order valence-corrected chi connectivity index (χ3v) is 11.7. The van der Waals surface area contributed by atoms with E-state index in [2.05, 4.69) is 181 Å². The number of fused-ring (bicyclic) bond motifs is 1. The fourth-order valence-electron chi connectivity index (χ4n) is 8.11. The van der Waals surface area contributed by atoms with E-state index in [9.17, 15) is 5.11 Å². The molecule has 314 valence electrons. The number of rotatable bonds is 5. The Morgan fingerprint density at radius 2 is 1.08 bits per heavy atom. The molecule has 0 saturated carbocycles. The van der Waals surface area contributed by atoms with Crippen molar-refractivity contribution in [3.05, 3.63) is 142 Å². The van der Waals surface area contributed by atoms with Crippen LogP contribution in [0.5, 0.6) is 5.75 Å². The first-order chi connectivity index (χ1) is 27.4. The molecule has 0 unspecified atom stereocenters. The number of aromatic nitrogens is 3. The summed E-state index contributed by atoms with van der Waals surface area (Å²) in [5.41, 5.74) is 18.0. The zero-order chi connectivity index (χ0) is 43.0. The molecule has 0 aliphatic heterocycles. The van der Waals surface area contributed by atoms with Crippen molar-refractivity contribution >= 4 is 11.0 Å². The second-order valence-electron chi connectivity index (χ2n) is 20.9. The van der Waals surface area contributed by atoms with Gasteiger partial charge in [-0.1, -0.05) is 154 Å². The Bertz CT molecular complexity index is 2690. The second-order valence-corrected chi connectivity index (χ2v) is 20.9. The van der Waals surface area contributed by atoms with Crippen molar-refractivity contribution in [1.82, 2.24) is 14.5 Å². The maximum Gasteiger partial charge on any atom is 0.148 e. The van der Waals surface area contributed by atoms with E-state index in [4.69, 9.17) is 9.97 Å². The minimum atomic E-state index is -0.168. The van der Waals surface area contributed by atoms with Gasteiger partial charge >= 0.3 is 0 Å². The molecule has 0 spiro atoms. The van der Waals surface area contributed by atoms with E-state index in [1.165, 1.54) is 33.4 Å². The summed E-state index contributed by atoms with van der Waals surface area (Å²) in [7, 11) is 0. The van der Waals surface area contributed by atoms with E-state index < -0.39 is 0 Å². The standard InChI is InChI=1S/C55H62N3O.Pt/c1-33-22-34(2)50(35(3)23-33)58-47-32-43(55(13,14)15)31-45(49(47)57-51(58)44-18-16-17-19-48(44)59)38-24-39(28-40(27-38)52(4,5)6)46-29-36(20-21-56-46)37-25-41(53(7,8)9)30-42(26-37)54(10,11)12;/h16-23,25-32,59H,1-15H3;/q-1;. The molecule has 7 aromatic rings. The number of benzene rings is 5. The number of pyridine rings is 1. The maximum atomic E-state index is 11.3. The third kappa shape index (κ3) is 8.82. The van der Waals surface area contributed by atoms with Crippen LogP contribution in [-0.2, 0) is 42.7 Å². The van der Waals surface area contributed by atoms with E-state index in [-0.39, 0.29) is 48.5 Å². The number of imidazole rings is 1. The van der Waals surface area contributed by atoms with E-state index >= 15 is 0 Å². The summed E-state index contributed by atoms with van der Waals surface area (Å²) < 4.78 is 2.27. The van der Waals surface area contributed by atoms with Gasteiger partial charge in [-0.05, 0) is 106 Å². The van der Waals surface area contributed by atoms with Gasteiger partial charge in [-0.15, -0.1) is 29.3 Å². The SMILES string of the molecule is Cc1cc(C)c(-n2c(-c3ccccc3O)nc3c(-c4[c-]c(-c5cc(-c6cc(C(C)(C)C)cc(C(C)(C)C)c6)ccn5)cc(C(C)(C)C)c4)cc(C(C)(C)C)cc32)c(C)c1.[Pt]. The van der Waals surface area contributed by atoms with Gasteiger partial charge in [-0.25, -0.2) is 4.98 Å². The van der Waals surface area contributed by atoms with Crippen molar-refractivity contribution in [1.29, 1.82) is 0 Å². The number of hydrogen-bond donors (Lipinski definition) is 1. The Kier molecular flexibility index (Phi) is 11.9. The van der Waals surface area contributed by atoms with Gasteiger partial charge in [0.05, 0.1) is 22.3 Å². The molecule has 2 heterocycles. The van der Waals surface area contributed by atoms with Gasteiger partial charge in [0.15, 0.2) is 0 Å². The van der Waals surface area contributed by atoms with Gasteiger partial charge < -0.3 is 5.11 Å². The molecule has 0 aliphatic carbocycles. The van der Waals surface area contributed by atoms with Crippen LogP contribution in [0.3, 0.4) is 0 Å². The predicted molar refractivity (Wildman–Crippen MR) is 250 cm³/mol. The summed E-state index contributed by atoms with van der Waals surface area (Å²) in [6.45, 7) is 33.8. The zero-order valence-electron chi connectivity index (χ0n) is 38.3. The number of phenols is 1. The van der Waals surface area contributed by atoms with Crippen LogP contribution in [-0.4, -0.2) is 19.6 Å². The van der Waals surface area contributed by atoms with Crippen LogP contribution >= 0.6 is 0 Å². The Balaban J connectivity index is 0.00000604. The number of aromatic hydroxyl groups is 1. The normalized spacial score (nSPS) is 12.5. The van der Waals surface area contributed by atoms with Crippen LogP contribution in [0.1, 0.15) is 122 Å². The Morgan fingerprint density at radius 1 is 0.550 bits per heavy atom. The van der Waals surface area contributed by atoms with E-state index in [1.54, 1.807) is 6.07 Å². The number of hydrogen-bond acceptors (Lipinski definition) is 3. The predicted octanol–water partition coefficient (Wildman–Crippen LogP) is 14.7. The van der Waals surface area contributed by atoms with Gasteiger partial charge in [0, 0.05) is 33.0 Å². The van der Waals surface area contributed by atoms with Crippen LogP contribution in [0.25, 0.3) is 61.6 Å². The molecule has 0 radical (unpaired) electrons. The Labute approximate surface area is 373 Å².